The molecule has 0 radical (unpaired) electrons. The summed E-state index contributed by atoms with van der Waals surface area (Å²) in [5.74, 6) is -0.0444. The molecular weight excluding hydrogens is 378 g/mol. The number of halogens is 1. The molecule has 2 heterocycles. The van der Waals surface area contributed by atoms with E-state index in [9.17, 15) is 4.79 Å². The summed E-state index contributed by atoms with van der Waals surface area (Å²) in [6.45, 7) is 1.94. The highest BCUT2D eigenvalue weighted by Gasteiger charge is 2.15. The first-order valence-electron chi connectivity index (χ1n) is 8.66. The second-order valence-electron chi connectivity index (χ2n) is 6.36. The Morgan fingerprint density at radius 2 is 1.93 bits per heavy atom. The first-order valence-corrected chi connectivity index (χ1v) is 9.92. The molecule has 0 spiro atoms. The Morgan fingerprint density at radius 3 is 2.70 bits per heavy atom. The Hall–Kier alpha value is -2.63. The molecule has 4 aromatic rings. The Labute approximate surface area is 166 Å². The SMILES string of the molecule is CC(NC(=O)Cc1csc2nc(-c3ccccc3)cn12)c1ccccc1Cl. The van der Waals surface area contributed by atoms with Crippen LogP contribution in [0.15, 0.2) is 66.2 Å². The van der Waals surface area contributed by atoms with Gasteiger partial charge in [-0.2, -0.15) is 0 Å². The molecule has 1 unspecified atom stereocenters. The summed E-state index contributed by atoms with van der Waals surface area (Å²) in [5.41, 5.74) is 3.82. The molecule has 2 aromatic heterocycles. The summed E-state index contributed by atoms with van der Waals surface area (Å²) in [4.78, 5) is 18.1. The van der Waals surface area contributed by atoms with E-state index in [-0.39, 0.29) is 11.9 Å². The molecule has 0 saturated heterocycles. The quantitative estimate of drug-likeness (QED) is 0.508. The van der Waals surface area contributed by atoms with Crippen molar-refractivity contribution in [2.24, 2.45) is 0 Å². The molecular formula is C21H18ClN3OS. The highest BCUT2D eigenvalue weighted by Crippen LogP contribution is 2.25. The van der Waals surface area contributed by atoms with Crippen LogP contribution in [0.1, 0.15) is 24.2 Å². The van der Waals surface area contributed by atoms with Gasteiger partial charge in [-0.3, -0.25) is 9.20 Å². The standard InChI is InChI=1S/C21H18ClN3OS/c1-14(17-9-5-6-10-18(17)22)23-20(26)11-16-13-27-21-24-19(12-25(16)21)15-7-3-2-4-8-15/h2-10,12-14H,11H2,1H3,(H,23,26). The van der Waals surface area contributed by atoms with Gasteiger partial charge in [0.2, 0.25) is 5.91 Å². The van der Waals surface area contributed by atoms with Crippen molar-refractivity contribution < 1.29 is 4.79 Å². The van der Waals surface area contributed by atoms with Crippen LogP contribution in [0.25, 0.3) is 16.2 Å². The van der Waals surface area contributed by atoms with E-state index in [0.717, 1.165) is 27.5 Å². The summed E-state index contributed by atoms with van der Waals surface area (Å²) < 4.78 is 1.99. The molecule has 1 amide bonds. The second kappa shape index (κ2) is 7.55. The Bertz CT molecular complexity index is 1090. The van der Waals surface area contributed by atoms with Gasteiger partial charge in [-0.1, -0.05) is 60.1 Å². The number of hydrogen-bond donors (Lipinski definition) is 1. The molecule has 0 fully saturated rings. The molecule has 0 aliphatic heterocycles. The number of nitrogens with one attached hydrogen (secondary N) is 1. The van der Waals surface area contributed by atoms with Crippen molar-refractivity contribution in [2.45, 2.75) is 19.4 Å². The van der Waals surface area contributed by atoms with E-state index in [0.29, 0.717) is 11.4 Å². The van der Waals surface area contributed by atoms with Gasteiger partial charge in [0.25, 0.3) is 0 Å². The van der Waals surface area contributed by atoms with Gasteiger partial charge in [-0.15, -0.1) is 11.3 Å². The van der Waals surface area contributed by atoms with Crippen LogP contribution in [0, 0.1) is 0 Å². The lowest BCUT2D eigenvalue weighted by Gasteiger charge is -2.15. The zero-order chi connectivity index (χ0) is 18.8. The fourth-order valence-electron chi connectivity index (χ4n) is 3.07. The van der Waals surface area contributed by atoms with Crippen LogP contribution >= 0.6 is 22.9 Å². The van der Waals surface area contributed by atoms with Crippen molar-refractivity contribution >= 4 is 33.8 Å². The third-order valence-electron chi connectivity index (χ3n) is 4.44. The molecule has 1 N–H and O–H groups in total. The predicted octanol–water partition coefficient (Wildman–Crippen LogP) is 5.14. The molecule has 136 valence electrons. The average molecular weight is 396 g/mol. The number of nitrogens with zero attached hydrogens (tertiary/aromatic N) is 2. The van der Waals surface area contributed by atoms with E-state index in [4.69, 9.17) is 11.6 Å². The number of aromatic nitrogens is 2. The van der Waals surface area contributed by atoms with E-state index < -0.39 is 0 Å². The monoisotopic (exact) mass is 395 g/mol. The third kappa shape index (κ3) is 3.75. The smallest absolute Gasteiger partial charge is 0.226 e. The zero-order valence-electron chi connectivity index (χ0n) is 14.7. The molecule has 2 aromatic carbocycles. The molecule has 0 bridgehead atoms. The topological polar surface area (TPSA) is 46.4 Å². The van der Waals surface area contributed by atoms with Crippen LogP contribution in [0.3, 0.4) is 0 Å². The van der Waals surface area contributed by atoms with Gasteiger partial charge in [0.05, 0.1) is 18.2 Å². The number of carbonyl (C=O) groups excluding carboxylic acids is 1. The van der Waals surface area contributed by atoms with Crippen LogP contribution in [0.4, 0.5) is 0 Å². The van der Waals surface area contributed by atoms with Gasteiger partial charge in [-0.05, 0) is 18.6 Å². The van der Waals surface area contributed by atoms with Crippen LogP contribution in [0.5, 0.6) is 0 Å². The van der Waals surface area contributed by atoms with E-state index >= 15 is 0 Å². The number of fused-ring (bicyclic) bond motifs is 1. The molecule has 0 aliphatic rings. The molecule has 4 rings (SSSR count). The number of amides is 1. The number of carbonyl (C=O) groups is 1. The fraction of sp³-hybridized carbons (Fsp3) is 0.143. The number of hydrogen-bond acceptors (Lipinski definition) is 3. The van der Waals surface area contributed by atoms with Gasteiger partial charge >= 0.3 is 0 Å². The fourth-order valence-corrected chi connectivity index (χ4v) is 4.24. The van der Waals surface area contributed by atoms with Crippen LogP contribution in [-0.2, 0) is 11.2 Å². The normalized spacial score (nSPS) is 12.2. The summed E-state index contributed by atoms with van der Waals surface area (Å²) in [6.07, 6.45) is 2.28. The van der Waals surface area contributed by atoms with E-state index in [1.54, 1.807) is 0 Å². The van der Waals surface area contributed by atoms with Gasteiger partial charge in [-0.25, -0.2) is 4.98 Å². The van der Waals surface area contributed by atoms with Crippen LogP contribution in [0.2, 0.25) is 5.02 Å². The molecule has 1 atom stereocenters. The summed E-state index contributed by atoms with van der Waals surface area (Å²) in [7, 11) is 0. The number of rotatable bonds is 5. The Balaban J connectivity index is 1.51. The van der Waals surface area contributed by atoms with E-state index in [2.05, 4.69) is 10.3 Å². The lowest BCUT2D eigenvalue weighted by molar-refractivity contribution is -0.121. The maximum absolute atomic E-state index is 12.5. The minimum atomic E-state index is -0.150. The van der Waals surface area contributed by atoms with Crippen molar-refractivity contribution in [2.75, 3.05) is 0 Å². The number of benzene rings is 2. The van der Waals surface area contributed by atoms with Gasteiger partial charge in [0, 0.05) is 27.9 Å². The zero-order valence-corrected chi connectivity index (χ0v) is 16.3. The average Bonchev–Trinajstić information content (AvgIpc) is 3.25. The van der Waals surface area contributed by atoms with Gasteiger partial charge < -0.3 is 5.32 Å². The lowest BCUT2D eigenvalue weighted by atomic mass is 10.1. The van der Waals surface area contributed by atoms with Crippen molar-refractivity contribution in [3.8, 4) is 11.3 Å². The minimum absolute atomic E-state index is 0.0444. The molecule has 27 heavy (non-hydrogen) atoms. The van der Waals surface area contributed by atoms with Gasteiger partial charge in [0.15, 0.2) is 4.96 Å². The van der Waals surface area contributed by atoms with Crippen molar-refractivity contribution in [3.05, 3.63) is 82.5 Å². The molecule has 6 heteroatoms. The first kappa shape index (κ1) is 17.8. The lowest BCUT2D eigenvalue weighted by Crippen LogP contribution is -2.28. The Kier molecular flexibility index (Phi) is 4.97. The van der Waals surface area contributed by atoms with E-state index in [1.807, 2.05) is 77.5 Å². The predicted molar refractivity (Wildman–Crippen MR) is 110 cm³/mol. The highest BCUT2D eigenvalue weighted by molar-refractivity contribution is 7.15. The Morgan fingerprint density at radius 1 is 1.19 bits per heavy atom. The maximum atomic E-state index is 12.5. The van der Waals surface area contributed by atoms with E-state index in [1.165, 1.54) is 11.3 Å². The minimum Gasteiger partial charge on any atom is -0.349 e. The highest BCUT2D eigenvalue weighted by atomic mass is 35.5. The summed E-state index contributed by atoms with van der Waals surface area (Å²) >= 11 is 7.76. The second-order valence-corrected chi connectivity index (χ2v) is 7.60. The summed E-state index contributed by atoms with van der Waals surface area (Å²) in [5, 5.41) is 5.67. The largest absolute Gasteiger partial charge is 0.349 e. The molecule has 0 aliphatic carbocycles. The van der Waals surface area contributed by atoms with Gasteiger partial charge in [0.1, 0.15) is 0 Å². The maximum Gasteiger partial charge on any atom is 0.226 e. The first-order chi connectivity index (χ1) is 13.1. The third-order valence-corrected chi connectivity index (χ3v) is 5.68. The van der Waals surface area contributed by atoms with Crippen LogP contribution < -0.4 is 5.32 Å². The van der Waals surface area contributed by atoms with Crippen molar-refractivity contribution in [1.82, 2.24) is 14.7 Å². The van der Waals surface area contributed by atoms with Crippen molar-refractivity contribution in [1.29, 1.82) is 0 Å². The summed E-state index contributed by atoms with van der Waals surface area (Å²) in [6, 6.07) is 17.4. The number of imidazole rings is 1. The van der Waals surface area contributed by atoms with Crippen LogP contribution in [-0.4, -0.2) is 15.3 Å². The number of thiazole rings is 1. The molecule has 4 nitrogen and oxygen atoms in total. The molecule has 0 saturated carbocycles. The van der Waals surface area contributed by atoms with Crippen molar-refractivity contribution in [3.63, 3.8) is 0 Å².